The highest BCUT2D eigenvalue weighted by Crippen LogP contribution is 2.25. The Kier molecular flexibility index (Phi) is 7.27. The molecule has 2 saturated heterocycles. The van der Waals surface area contributed by atoms with Gasteiger partial charge in [-0.2, -0.15) is 0 Å². The second kappa shape index (κ2) is 9.21. The van der Waals surface area contributed by atoms with Crippen LogP contribution in [0.1, 0.15) is 37.3 Å². The van der Waals surface area contributed by atoms with Crippen LogP contribution < -0.4 is 5.32 Å². The van der Waals surface area contributed by atoms with Crippen LogP contribution >= 0.6 is 12.4 Å². The van der Waals surface area contributed by atoms with Gasteiger partial charge < -0.3 is 15.0 Å². The highest BCUT2D eigenvalue weighted by molar-refractivity contribution is 5.85. The molecule has 1 unspecified atom stereocenters. The van der Waals surface area contributed by atoms with Crippen LogP contribution in [0.15, 0.2) is 24.5 Å². The van der Waals surface area contributed by atoms with Gasteiger partial charge in [-0.3, -0.25) is 9.78 Å². The summed E-state index contributed by atoms with van der Waals surface area (Å²) in [6, 6.07) is 4.11. The first-order valence-electron chi connectivity index (χ1n) is 8.32. The Morgan fingerprint density at radius 2 is 2.22 bits per heavy atom. The number of piperazine rings is 1. The smallest absolute Gasteiger partial charge is 0.223 e. The van der Waals surface area contributed by atoms with Crippen molar-refractivity contribution in [2.24, 2.45) is 5.92 Å². The van der Waals surface area contributed by atoms with E-state index >= 15 is 0 Å². The Morgan fingerprint density at radius 3 is 2.96 bits per heavy atom. The number of aromatic nitrogens is 1. The van der Waals surface area contributed by atoms with E-state index in [1.165, 1.54) is 0 Å². The molecule has 23 heavy (non-hydrogen) atoms. The van der Waals surface area contributed by atoms with Crippen molar-refractivity contribution in [1.82, 2.24) is 15.2 Å². The molecule has 3 heterocycles. The maximum absolute atomic E-state index is 12.7. The maximum atomic E-state index is 12.7. The normalized spacial score (nSPS) is 22.4. The van der Waals surface area contributed by atoms with Crippen molar-refractivity contribution in [3.63, 3.8) is 0 Å². The fourth-order valence-electron chi connectivity index (χ4n) is 3.38. The third kappa shape index (κ3) is 4.90. The Bertz CT molecular complexity index is 480. The quantitative estimate of drug-likeness (QED) is 0.913. The summed E-state index contributed by atoms with van der Waals surface area (Å²) in [6.45, 7) is 4.18. The van der Waals surface area contributed by atoms with Gasteiger partial charge in [-0.1, -0.05) is 6.07 Å². The molecule has 1 atom stereocenters. The molecule has 2 aliphatic heterocycles. The van der Waals surface area contributed by atoms with Gasteiger partial charge in [0.15, 0.2) is 0 Å². The van der Waals surface area contributed by atoms with Crippen molar-refractivity contribution in [1.29, 1.82) is 0 Å². The lowest BCUT2D eigenvalue weighted by atomic mass is 9.94. The second-order valence-electron chi connectivity index (χ2n) is 6.19. The van der Waals surface area contributed by atoms with Gasteiger partial charge in [0, 0.05) is 51.7 Å². The number of pyridine rings is 1. The summed E-state index contributed by atoms with van der Waals surface area (Å²) >= 11 is 0. The highest BCUT2D eigenvalue weighted by Gasteiger charge is 2.28. The number of amides is 1. The third-order valence-corrected chi connectivity index (χ3v) is 4.74. The number of ether oxygens (including phenoxy) is 1. The first-order valence-corrected chi connectivity index (χ1v) is 8.32. The summed E-state index contributed by atoms with van der Waals surface area (Å²) in [6.07, 6.45) is 7.49. The summed E-state index contributed by atoms with van der Waals surface area (Å²) in [5.74, 6) is 0.930. The minimum absolute atomic E-state index is 0. The van der Waals surface area contributed by atoms with E-state index in [2.05, 4.69) is 16.4 Å². The van der Waals surface area contributed by atoms with Crippen molar-refractivity contribution in [2.45, 2.75) is 31.7 Å². The van der Waals surface area contributed by atoms with Crippen LogP contribution in [-0.2, 0) is 9.53 Å². The van der Waals surface area contributed by atoms with Crippen LogP contribution in [0.4, 0.5) is 0 Å². The van der Waals surface area contributed by atoms with Gasteiger partial charge in [0.05, 0.1) is 6.04 Å². The van der Waals surface area contributed by atoms with Gasteiger partial charge in [-0.25, -0.2) is 0 Å². The number of hydrogen-bond donors (Lipinski definition) is 1. The fourth-order valence-corrected chi connectivity index (χ4v) is 3.38. The Balaban J connectivity index is 0.00000192. The number of halogens is 1. The Labute approximate surface area is 144 Å². The van der Waals surface area contributed by atoms with Crippen molar-refractivity contribution in [3.05, 3.63) is 30.1 Å². The summed E-state index contributed by atoms with van der Waals surface area (Å²) in [5, 5.41) is 3.39. The fraction of sp³-hybridized carbons (Fsp3) is 0.647. The second-order valence-corrected chi connectivity index (χ2v) is 6.19. The predicted molar refractivity (Wildman–Crippen MR) is 91.6 cm³/mol. The van der Waals surface area contributed by atoms with E-state index in [4.69, 9.17) is 4.74 Å². The van der Waals surface area contributed by atoms with Crippen molar-refractivity contribution >= 4 is 18.3 Å². The topological polar surface area (TPSA) is 54.5 Å². The Hall–Kier alpha value is -1.17. The lowest BCUT2D eigenvalue weighted by molar-refractivity contribution is -0.135. The summed E-state index contributed by atoms with van der Waals surface area (Å²) in [4.78, 5) is 18.9. The molecule has 0 saturated carbocycles. The number of nitrogens with zero attached hydrogens (tertiary/aromatic N) is 2. The molecule has 3 rings (SSSR count). The third-order valence-electron chi connectivity index (χ3n) is 4.74. The molecule has 2 aliphatic rings. The molecule has 2 fully saturated rings. The molecule has 0 aliphatic carbocycles. The summed E-state index contributed by atoms with van der Waals surface area (Å²) in [7, 11) is 0. The molecule has 1 aromatic rings. The van der Waals surface area contributed by atoms with E-state index in [1.54, 1.807) is 6.20 Å². The zero-order valence-corrected chi connectivity index (χ0v) is 14.3. The molecular formula is C17H26ClN3O2. The van der Waals surface area contributed by atoms with Gasteiger partial charge in [-0.15, -0.1) is 12.4 Å². The highest BCUT2D eigenvalue weighted by atomic mass is 35.5. The molecule has 0 bridgehead atoms. The molecule has 1 amide bonds. The monoisotopic (exact) mass is 339 g/mol. The van der Waals surface area contributed by atoms with Crippen LogP contribution in [0, 0.1) is 5.92 Å². The molecular weight excluding hydrogens is 314 g/mol. The molecule has 6 heteroatoms. The molecule has 1 N–H and O–H groups in total. The van der Waals surface area contributed by atoms with Crippen LogP contribution in [0.5, 0.6) is 0 Å². The van der Waals surface area contributed by atoms with Gasteiger partial charge >= 0.3 is 0 Å². The lowest BCUT2D eigenvalue weighted by Gasteiger charge is -2.37. The number of carbonyl (C=O) groups is 1. The predicted octanol–water partition coefficient (Wildman–Crippen LogP) is 2.18. The molecule has 5 nitrogen and oxygen atoms in total. The van der Waals surface area contributed by atoms with Crippen molar-refractivity contribution in [2.75, 3.05) is 32.8 Å². The number of nitrogens with one attached hydrogen (secondary N) is 1. The lowest BCUT2D eigenvalue weighted by Crippen LogP contribution is -2.48. The van der Waals surface area contributed by atoms with E-state index < -0.39 is 0 Å². The van der Waals surface area contributed by atoms with Gasteiger partial charge in [0.25, 0.3) is 0 Å². The number of rotatable bonds is 4. The van der Waals surface area contributed by atoms with Crippen molar-refractivity contribution in [3.8, 4) is 0 Å². The van der Waals surface area contributed by atoms with Gasteiger partial charge in [-0.05, 0) is 36.8 Å². The van der Waals surface area contributed by atoms with Crippen LogP contribution in [0.3, 0.4) is 0 Å². The average Bonchev–Trinajstić information content (AvgIpc) is 2.61. The summed E-state index contributed by atoms with van der Waals surface area (Å²) < 4.78 is 5.39. The van der Waals surface area contributed by atoms with E-state index in [9.17, 15) is 4.79 Å². The maximum Gasteiger partial charge on any atom is 0.223 e. The number of hydrogen-bond acceptors (Lipinski definition) is 4. The first-order chi connectivity index (χ1) is 10.8. The zero-order valence-electron chi connectivity index (χ0n) is 13.4. The molecule has 0 aromatic carbocycles. The van der Waals surface area contributed by atoms with Gasteiger partial charge in [0.1, 0.15) is 0 Å². The average molecular weight is 340 g/mol. The van der Waals surface area contributed by atoms with E-state index in [1.807, 2.05) is 17.2 Å². The molecule has 0 radical (unpaired) electrons. The molecule has 128 valence electrons. The SMILES string of the molecule is Cl.O=C(CCC1CCOCC1)N1CCNCC1c1cccnc1. The van der Waals surface area contributed by atoms with Gasteiger partial charge in [0.2, 0.25) is 5.91 Å². The van der Waals surface area contributed by atoms with E-state index in [0.29, 0.717) is 12.3 Å². The van der Waals surface area contributed by atoms with Crippen LogP contribution in [0.25, 0.3) is 0 Å². The van der Waals surface area contributed by atoms with Crippen LogP contribution in [0.2, 0.25) is 0 Å². The van der Waals surface area contributed by atoms with E-state index in [0.717, 1.165) is 57.7 Å². The Morgan fingerprint density at radius 1 is 1.39 bits per heavy atom. The minimum Gasteiger partial charge on any atom is -0.381 e. The first kappa shape index (κ1) is 18.2. The largest absolute Gasteiger partial charge is 0.381 e. The standard InChI is InChI=1S/C17H25N3O2.ClH/c21-17(4-3-14-5-10-22-11-6-14)20-9-8-19-13-16(20)15-2-1-7-18-12-15;/h1-2,7,12,14,16,19H,3-6,8-11,13H2;1H. The molecule has 1 aromatic heterocycles. The van der Waals surface area contributed by atoms with Crippen LogP contribution in [-0.4, -0.2) is 48.6 Å². The summed E-state index contributed by atoms with van der Waals surface area (Å²) in [5.41, 5.74) is 1.12. The zero-order chi connectivity index (χ0) is 15.2. The minimum atomic E-state index is 0. The number of carbonyl (C=O) groups excluding carboxylic acids is 1. The molecule has 0 spiro atoms. The van der Waals surface area contributed by atoms with Crippen molar-refractivity contribution < 1.29 is 9.53 Å². The van der Waals surface area contributed by atoms with E-state index in [-0.39, 0.29) is 24.4 Å².